The smallest absolute Gasteiger partial charge is 0.133 e. The van der Waals surface area contributed by atoms with Crippen LogP contribution >= 0.6 is 0 Å². The Kier molecular flexibility index (Phi) is 3.21. The zero-order valence-electron chi connectivity index (χ0n) is 12.5. The first-order valence-electron chi connectivity index (χ1n) is 8.00. The predicted molar refractivity (Wildman–Crippen MR) is 85.7 cm³/mol. The first-order valence-corrected chi connectivity index (χ1v) is 8.00. The Balaban J connectivity index is 1.55. The maximum atomic E-state index is 5.34. The Hall–Kier alpha value is -1.77. The zero-order chi connectivity index (χ0) is 14.2. The zero-order valence-corrected chi connectivity index (χ0v) is 12.5. The van der Waals surface area contributed by atoms with E-state index in [0.29, 0.717) is 0 Å². The van der Waals surface area contributed by atoms with Gasteiger partial charge in [0.2, 0.25) is 0 Å². The van der Waals surface area contributed by atoms with Crippen LogP contribution < -0.4 is 10.1 Å². The fraction of sp³-hybridized carbons (Fsp3) is 0.500. The first-order chi connectivity index (χ1) is 10.3. The minimum absolute atomic E-state index is 0.839. The lowest BCUT2D eigenvalue weighted by Crippen LogP contribution is -2.20. The second-order valence-electron chi connectivity index (χ2n) is 6.56. The highest BCUT2D eigenvalue weighted by molar-refractivity contribution is 5.92. The lowest BCUT2D eigenvalue weighted by molar-refractivity contribution is 0.348. The number of nitrogens with one attached hydrogen (secondary N) is 1. The maximum absolute atomic E-state index is 5.34. The minimum Gasteiger partial charge on any atom is -0.497 e. The van der Waals surface area contributed by atoms with Crippen molar-refractivity contribution in [2.75, 3.05) is 19.0 Å². The van der Waals surface area contributed by atoms with Crippen LogP contribution in [0.1, 0.15) is 25.7 Å². The molecule has 3 unspecified atom stereocenters. The van der Waals surface area contributed by atoms with E-state index >= 15 is 0 Å². The van der Waals surface area contributed by atoms with E-state index in [9.17, 15) is 0 Å². The van der Waals surface area contributed by atoms with Crippen LogP contribution in [0.5, 0.6) is 5.75 Å². The third-order valence-corrected chi connectivity index (χ3v) is 5.39. The van der Waals surface area contributed by atoms with Crippen molar-refractivity contribution in [3.05, 3.63) is 30.5 Å². The van der Waals surface area contributed by atoms with Gasteiger partial charge in [0.15, 0.2) is 0 Å². The van der Waals surface area contributed by atoms with Gasteiger partial charge in [-0.3, -0.25) is 0 Å². The molecule has 1 aromatic carbocycles. The van der Waals surface area contributed by atoms with Gasteiger partial charge in [0.25, 0.3) is 0 Å². The first kappa shape index (κ1) is 12.9. The second kappa shape index (κ2) is 5.21. The summed E-state index contributed by atoms with van der Waals surface area (Å²) in [6.45, 7) is 1.06. The number of benzene rings is 1. The van der Waals surface area contributed by atoms with Crippen molar-refractivity contribution >= 4 is 16.6 Å². The van der Waals surface area contributed by atoms with Gasteiger partial charge < -0.3 is 10.1 Å². The van der Waals surface area contributed by atoms with E-state index in [1.54, 1.807) is 7.11 Å². The number of nitrogens with zero attached hydrogens (tertiary/aromatic N) is 1. The van der Waals surface area contributed by atoms with Crippen LogP contribution in [0.3, 0.4) is 0 Å². The van der Waals surface area contributed by atoms with E-state index < -0.39 is 0 Å². The molecule has 0 aliphatic heterocycles. The van der Waals surface area contributed by atoms with Gasteiger partial charge in [-0.05, 0) is 60.6 Å². The van der Waals surface area contributed by atoms with Crippen LogP contribution in [-0.2, 0) is 0 Å². The summed E-state index contributed by atoms with van der Waals surface area (Å²) in [5, 5.41) is 5.96. The topological polar surface area (TPSA) is 34.1 Å². The SMILES string of the molecule is COc1ccc2ccnc(NCC3CC4CCC3C4)c2c1. The van der Waals surface area contributed by atoms with E-state index in [0.717, 1.165) is 41.3 Å². The molecule has 2 aliphatic rings. The Labute approximate surface area is 125 Å². The maximum Gasteiger partial charge on any atom is 0.133 e. The van der Waals surface area contributed by atoms with E-state index in [2.05, 4.69) is 28.5 Å². The highest BCUT2D eigenvalue weighted by Crippen LogP contribution is 2.48. The molecule has 0 spiro atoms. The standard InChI is InChI=1S/C18H22N2O/c1-21-16-5-4-13-6-7-19-18(17(13)10-16)20-11-15-9-12-2-3-14(15)8-12/h4-7,10,12,14-15H,2-3,8-9,11H2,1H3,(H,19,20). The molecule has 0 saturated heterocycles. The molecule has 2 bridgehead atoms. The fourth-order valence-corrected chi connectivity index (χ4v) is 4.27. The van der Waals surface area contributed by atoms with Crippen LogP contribution in [-0.4, -0.2) is 18.6 Å². The van der Waals surface area contributed by atoms with Gasteiger partial charge in [-0.25, -0.2) is 4.98 Å². The number of anilines is 1. The average molecular weight is 282 g/mol. The van der Waals surface area contributed by atoms with Gasteiger partial charge in [-0.1, -0.05) is 12.5 Å². The number of hydrogen-bond acceptors (Lipinski definition) is 3. The molecule has 21 heavy (non-hydrogen) atoms. The Morgan fingerprint density at radius 3 is 2.95 bits per heavy atom. The molecule has 0 radical (unpaired) electrons. The number of pyridine rings is 1. The van der Waals surface area contributed by atoms with Crippen LogP contribution in [0.25, 0.3) is 10.8 Å². The van der Waals surface area contributed by atoms with E-state index in [1.807, 2.05) is 12.3 Å². The summed E-state index contributed by atoms with van der Waals surface area (Å²) in [7, 11) is 1.71. The van der Waals surface area contributed by atoms with E-state index in [-0.39, 0.29) is 0 Å². The molecule has 3 nitrogen and oxygen atoms in total. The lowest BCUT2D eigenvalue weighted by Gasteiger charge is -2.22. The summed E-state index contributed by atoms with van der Waals surface area (Å²) in [6, 6.07) is 8.23. The molecule has 1 N–H and O–H groups in total. The van der Waals surface area contributed by atoms with Crippen LogP contribution in [0, 0.1) is 17.8 Å². The Morgan fingerprint density at radius 2 is 2.19 bits per heavy atom. The summed E-state index contributed by atoms with van der Waals surface area (Å²) in [6.07, 6.45) is 7.66. The summed E-state index contributed by atoms with van der Waals surface area (Å²) in [4.78, 5) is 4.54. The monoisotopic (exact) mass is 282 g/mol. The highest BCUT2D eigenvalue weighted by Gasteiger charge is 2.39. The van der Waals surface area contributed by atoms with Crippen molar-refractivity contribution < 1.29 is 4.74 Å². The molecule has 4 rings (SSSR count). The number of rotatable bonds is 4. The average Bonchev–Trinajstić information content (AvgIpc) is 3.15. The normalized spacial score (nSPS) is 27.2. The summed E-state index contributed by atoms with van der Waals surface area (Å²) in [5.74, 6) is 4.67. The molecule has 3 heteroatoms. The largest absolute Gasteiger partial charge is 0.497 e. The number of ether oxygens (including phenoxy) is 1. The van der Waals surface area contributed by atoms with Crippen molar-refractivity contribution in [3.63, 3.8) is 0 Å². The summed E-state index contributed by atoms with van der Waals surface area (Å²) in [5.41, 5.74) is 0. The Morgan fingerprint density at radius 1 is 1.24 bits per heavy atom. The molecular weight excluding hydrogens is 260 g/mol. The number of hydrogen-bond donors (Lipinski definition) is 1. The van der Waals surface area contributed by atoms with E-state index in [1.165, 1.54) is 31.1 Å². The van der Waals surface area contributed by atoms with Gasteiger partial charge >= 0.3 is 0 Å². The third kappa shape index (κ3) is 2.35. The van der Waals surface area contributed by atoms with E-state index in [4.69, 9.17) is 4.74 Å². The minimum atomic E-state index is 0.839. The number of methoxy groups -OCH3 is 1. The molecule has 3 atom stereocenters. The van der Waals surface area contributed by atoms with Crippen LogP contribution in [0.2, 0.25) is 0 Å². The molecule has 1 aromatic heterocycles. The second-order valence-corrected chi connectivity index (χ2v) is 6.56. The molecule has 2 aliphatic carbocycles. The van der Waals surface area contributed by atoms with Crippen molar-refractivity contribution in [1.29, 1.82) is 0 Å². The predicted octanol–water partition coefficient (Wildman–Crippen LogP) is 4.09. The van der Waals surface area contributed by atoms with Gasteiger partial charge in [0, 0.05) is 18.1 Å². The van der Waals surface area contributed by atoms with Crippen molar-refractivity contribution in [1.82, 2.24) is 4.98 Å². The van der Waals surface area contributed by atoms with Crippen molar-refractivity contribution in [2.45, 2.75) is 25.7 Å². The van der Waals surface area contributed by atoms with Crippen molar-refractivity contribution in [3.8, 4) is 5.75 Å². The van der Waals surface area contributed by atoms with Crippen molar-refractivity contribution in [2.24, 2.45) is 17.8 Å². The molecule has 2 fully saturated rings. The Bertz CT molecular complexity index is 655. The molecular formula is C18H22N2O. The molecule has 110 valence electrons. The quantitative estimate of drug-likeness (QED) is 0.917. The number of fused-ring (bicyclic) bond motifs is 3. The highest BCUT2D eigenvalue weighted by atomic mass is 16.5. The molecule has 0 amide bonds. The van der Waals surface area contributed by atoms with Gasteiger partial charge in [-0.2, -0.15) is 0 Å². The molecule has 2 saturated carbocycles. The van der Waals surface area contributed by atoms with Crippen LogP contribution in [0.15, 0.2) is 30.5 Å². The molecule has 1 heterocycles. The fourth-order valence-electron chi connectivity index (χ4n) is 4.27. The molecule has 2 aromatic rings. The van der Waals surface area contributed by atoms with Gasteiger partial charge in [-0.15, -0.1) is 0 Å². The third-order valence-electron chi connectivity index (χ3n) is 5.39. The summed E-state index contributed by atoms with van der Waals surface area (Å²) >= 11 is 0. The van der Waals surface area contributed by atoms with Gasteiger partial charge in [0.05, 0.1) is 7.11 Å². The van der Waals surface area contributed by atoms with Crippen LogP contribution in [0.4, 0.5) is 5.82 Å². The number of aromatic nitrogens is 1. The van der Waals surface area contributed by atoms with Gasteiger partial charge in [0.1, 0.15) is 11.6 Å². The summed E-state index contributed by atoms with van der Waals surface area (Å²) < 4.78 is 5.34. The lowest BCUT2D eigenvalue weighted by atomic mass is 9.89.